The van der Waals surface area contributed by atoms with Crippen molar-refractivity contribution < 1.29 is 0 Å². The summed E-state index contributed by atoms with van der Waals surface area (Å²) in [5, 5.41) is 0. The maximum Gasteiger partial charge on any atom is 0.0438 e. The van der Waals surface area contributed by atoms with E-state index in [2.05, 4.69) is 88.2 Å². The first-order valence-electron chi connectivity index (χ1n) is 6.02. The van der Waals surface area contributed by atoms with Crippen LogP contribution in [-0.4, -0.2) is 0 Å². The Labute approximate surface area is 126 Å². The zero-order chi connectivity index (χ0) is 13.1. The van der Waals surface area contributed by atoms with Gasteiger partial charge in [-0.2, -0.15) is 0 Å². The van der Waals surface area contributed by atoms with Gasteiger partial charge in [0.15, 0.2) is 0 Å². The molecule has 0 saturated carbocycles. The van der Waals surface area contributed by atoms with Gasteiger partial charge in [0.05, 0.1) is 0 Å². The summed E-state index contributed by atoms with van der Waals surface area (Å²) in [6.07, 6.45) is 1.02. The minimum Gasteiger partial charge on any atom is -0.0835 e. The van der Waals surface area contributed by atoms with Crippen LogP contribution in [0.3, 0.4) is 0 Å². The highest BCUT2D eigenvalue weighted by Crippen LogP contribution is 2.30. The molecule has 0 amide bonds. The van der Waals surface area contributed by atoms with Crippen molar-refractivity contribution in [3.63, 3.8) is 0 Å². The molecular weight excluding hydrogens is 352 g/mol. The summed E-state index contributed by atoms with van der Waals surface area (Å²) in [6.45, 7) is 4.28. The Morgan fingerprint density at radius 2 is 1.67 bits per heavy atom. The summed E-state index contributed by atoms with van der Waals surface area (Å²) in [4.78, 5) is 0.369. The summed E-state index contributed by atoms with van der Waals surface area (Å²) in [5.41, 5.74) is 5.35. The van der Waals surface area contributed by atoms with Crippen molar-refractivity contribution in [3.8, 4) is 0 Å². The third kappa shape index (κ3) is 3.46. The van der Waals surface area contributed by atoms with Crippen LogP contribution in [0.5, 0.6) is 0 Å². The molecule has 0 aliphatic heterocycles. The topological polar surface area (TPSA) is 0 Å². The molecule has 0 bridgehead atoms. The second kappa shape index (κ2) is 6.03. The normalized spacial score (nSPS) is 12.4. The summed E-state index contributed by atoms with van der Waals surface area (Å²) in [7, 11) is 0. The van der Waals surface area contributed by atoms with Crippen LogP contribution in [-0.2, 0) is 6.42 Å². The Morgan fingerprint density at radius 1 is 1.00 bits per heavy atom. The average molecular weight is 368 g/mol. The van der Waals surface area contributed by atoms with Crippen LogP contribution in [0.15, 0.2) is 46.9 Å². The van der Waals surface area contributed by atoms with Crippen LogP contribution < -0.4 is 0 Å². The van der Waals surface area contributed by atoms with E-state index in [1.54, 1.807) is 0 Å². The van der Waals surface area contributed by atoms with Crippen molar-refractivity contribution in [3.05, 3.63) is 69.2 Å². The molecule has 0 aliphatic rings. The fourth-order valence-electron chi connectivity index (χ4n) is 2.03. The Kier molecular flexibility index (Phi) is 4.63. The first kappa shape index (κ1) is 13.8. The standard InChI is InChI=1S/C16H16Br2/c1-11-3-5-13(6-4-11)10-16(18)15-8-7-14(17)9-12(15)2/h3-9,16H,10H2,1-2H3. The van der Waals surface area contributed by atoms with Gasteiger partial charge in [-0.15, -0.1) is 0 Å². The van der Waals surface area contributed by atoms with Crippen LogP contribution >= 0.6 is 31.9 Å². The molecule has 2 rings (SSSR count). The third-order valence-corrected chi connectivity index (χ3v) is 4.42. The Morgan fingerprint density at radius 3 is 2.28 bits per heavy atom. The minimum atomic E-state index is 0.369. The van der Waals surface area contributed by atoms with Crippen LogP contribution in [0.1, 0.15) is 27.1 Å². The maximum absolute atomic E-state index is 3.80. The molecule has 2 aromatic rings. The van der Waals surface area contributed by atoms with E-state index in [9.17, 15) is 0 Å². The lowest BCUT2D eigenvalue weighted by atomic mass is 10.00. The number of hydrogen-bond acceptors (Lipinski definition) is 0. The van der Waals surface area contributed by atoms with Crippen LogP contribution in [0, 0.1) is 13.8 Å². The minimum absolute atomic E-state index is 0.369. The molecule has 0 spiro atoms. The quantitative estimate of drug-likeness (QED) is 0.606. The van der Waals surface area contributed by atoms with Gasteiger partial charge in [0.1, 0.15) is 0 Å². The highest BCUT2D eigenvalue weighted by Gasteiger charge is 2.11. The van der Waals surface area contributed by atoms with Gasteiger partial charge in [0.25, 0.3) is 0 Å². The van der Waals surface area contributed by atoms with Gasteiger partial charge in [-0.1, -0.05) is 67.8 Å². The molecule has 0 radical (unpaired) electrons. The third-order valence-electron chi connectivity index (χ3n) is 3.10. The second-order valence-corrected chi connectivity index (χ2v) is 6.68. The Balaban J connectivity index is 2.16. The molecule has 0 heterocycles. The number of aryl methyl sites for hydroxylation is 2. The Bertz CT molecular complexity index is 529. The van der Waals surface area contributed by atoms with E-state index >= 15 is 0 Å². The van der Waals surface area contributed by atoms with Gasteiger partial charge < -0.3 is 0 Å². The number of rotatable bonds is 3. The van der Waals surface area contributed by atoms with Crippen molar-refractivity contribution >= 4 is 31.9 Å². The zero-order valence-electron chi connectivity index (χ0n) is 10.6. The van der Waals surface area contributed by atoms with Crippen molar-refractivity contribution in [2.45, 2.75) is 25.1 Å². The number of alkyl halides is 1. The van der Waals surface area contributed by atoms with Crippen molar-refractivity contribution in [2.24, 2.45) is 0 Å². The van der Waals surface area contributed by atoms with E-state index in [1.165, 1.54) is 22.3 Å². The molecule has 0 N–H and O–H groups in total. The Hall–Kier alpha value is -0.600. The largest absolute Gasteiger partial charge is 0.0835 e. The van der Waals surface area contributed by atoms with Crippen LogP contribution in [0.2, 0.25) is 0 Å². The number of benzene rings is 2. The average Bonchev–Trinajstić information content (AvgIpc) is 2.32. The SMILES string of the molecule is Cc1ccc(CC(Br)c2ccc(Br)cc2C)cc1. The summed E-state index contributed by atoms with van der Waals surface area (Å²) >= 11 is 7.31. The molecule has 1 unspecified atom stereocenters. The van der Waals surface area contributed by atoms with Gasteiger partial charge in [0.2, 0.25) is 0 Å². The lowest BCUT2D eigenvalue weighted by Gasteiger charge is -2.13. The number of hydrogen-bond donors (Lipinski definition) is 0. The van der Waals surface area contributed by atoms with Gasteiger partial charge in [-0.3, -0.25) is 0 Å². The fraction of sp³-hybridized carbons (Fsp3) is 0.250. The first-order chi connectivity index (χ1) is 8.56. The maximum atomic E-state index is 3.80. The number of halogens is 2. The summed E-state index contributed by atoms with van der Waals surface area (Å²) < 4.78 is 1.14. The first-order valence-corrected chi connectivity index (χ1v) is 7.73. The van der Waals surface area contributed by atoms with Crippen LogP contribution in [0.25, 0.3) is 0 Å². The van der Waals surface area contributed by atoms with Crippen molar-refractivity contribution in [2.75, 3.05) is 0 Å². The zero-order valence-corrected chi connectivity index (χ0v) is 13.8. The molecule has 94 valence electrons. The lowest BCUT2D eigenvalue weighted by molar-refractivity contribution is 0.937. The van der Waals surface area contributed by atoms with E-state index in [1.807, 2.05) is 0 Å². The predicted octanol–water partition coefficient (Wildman–Crippen LogP) is 5.74. The molecule has 2 heteroatoms. The smallest absolute Gasteiger partial charge is 0.0438 e. The highest BCUT2D eigenvalue weighted by molar-refractivity contribution is 9.10. The molecule has 18 heavy (non-hydrogen) atoms. The van der Waals surface area contributed by atoms with Gasteiger partial charge in [-0.25, -0.2) is 0 Å². The second-order valence-electron chi connectivity index (χ2n) is 4.66. The molecule has 0 fully saturated rings. The van der Waals surface area contributed by atoms with Gasteiger partial charge in [0, 0.05) is 9.30 Å². The monoisotopic (exact) mass is 366 g/mol. The van der Waals surface area contributed by atoms with Crippen LogP contribution in [0.4, 0.5) is 0 Å². The van der Waals surface area contributed by atoms with Crippen molar-refractivity contribution in [1.82, 2.24) is 0 Å². The molecule has 0 aliphatic carbocycles. The highest BCUT2D eigenvalue weighted by atomic mass is 79.9. The summed E-state index contributed by atoms with van der Waals surface area (Å²) in [6, 6.07) is 15.2. The van der Waals surface area contributed by atoms with Gasteiger partial charge in [-0.05, 0) is 49.1 Å². The molecule has 1 atom stereocenters. The molecule has 2 aromatic carbocycles. The molecule has 0 aromatic heterocycles. The predicted molar refractivity (Wildman–Crippen MR) is 85.4 cm³/mol. The molecular formula is C16H16Br2. The van der Waals surface area contributed by atoms with Crippen molar-refractivity contribution in [1.29, 1.82) is 0 Å². The van der Waals surface area contributed by atoms with E-state index in [4.69, 9.17) is 0 Å². The van der Waals surface area contributed by atoms with Gasteiger partial charge >= 0.3 is 0 Å². The lowest BCUT2D eigenvalue weighted by Crippen LogP contribution is -1.98. The molecule has 0 nitrogen and oxygen atoms in total. The summed E-state index contributed by atoms with van der Waals surface area (Å²) in [5.74, 6) is 0. The van der Waals surface area contributed by atoms with E-state index in [0.717, 1.165) is 10.9 Å². The molecule has 0 saturated heterocycles. The van der Waals surface area contributed by atoms with E-state index in [-0.39, 0.29) is 0 Å². The fourth-order valence-corrected chi connectivity index (χ4v) is 3.39. The van der Waals surface area contributed by atoms with E-state index < -0.39 is 0 Å². The van der Waals surface area contributed by atoms with E-state index in [0.29, 0.717) is 4.83 Å².